The average molecular weight is 356 g/mol. The zero-order valence-corrected chi connectivity index (χ0v) is 14.6. The van der Waals surface area contributed by atoms with Crippen molar-refractivity contribution in [2.75, 3.05) is 20.2 Å². The van der Waals surface area contributed by atoms with E-state index in [0.29, 0.717) is 27.9 Å². The molecule has 1 aliphatic heterocycles. The Morgan fingerprint density at radius 2 is 1.96 bits per heavy atom. The number of fused-ring (bicyclic) bond motifs is 1. The van der Waals surface area contributed by atoms with Gasteiger partial charge in [0.1, 0.15) is 10.8 Å². The summed E-state index contributed by atoms with van der Waals surface area (Å²) in [5, 5.41) is 12.5. The predicted molar refractivity (Wildman–Crippen MR) is 96.8 cm³/mol. The molecule has 6 nitrogen and oxygen atoms in total. The first-order chi connectivity index (χ1) is 12.2. The third kappa shape index (κ3) is 3.73. The summed E-state index contributed by atoms with van der Waals surface area (Å²) in [6.45, 7) is 2.50. The molecule has 3 heterocycles. The normalized spacial score (nSPS) is 13.2. The molecule has 25 heavy (non-hydrogen) atoms. The highest BCUT2D eigenvalue weighted by molar-refractivity contribution is 6.32. The van der Waals surface area contributed by atoms with E-state index in [-0.39, 0.29) is 0 Å². The first-order valence-corrected chi connectivity index (χ1v) is 8.40. The zero-order chi connectivity index (χ0) is 17.6. The second kappa shape index (κ2) is 7.97. The highest BCUT2D eigenvalue weighted by Gasteiger charge is 2.15. The average Bonchev–Trinajstić information content (AvgIpc) is 3.37. The SMILES string of the molecule is C1CCNC1.COc1nc(-c2ccc(C#N)cc2)c(Cl)n2ccnc12. The van der Waals surface area contributed by atoms with Crippen LogP contribution >= 0.6 is 11.6 Å². The minimum atomic E-state index is 0.402. The minimum absolute atomic E-state index is 0.402. The fraction of sp³-hybridized carbons (Fsp3) is 0.278. The monoisotopic (exact) mass is 355 g/mol. The van der Waals surface area contributed by atoms with Crippen LogP contribution < -0.4 is 10.1 Å². The van der Waals surface area contributed by atoms with Crippen molar-refractivity contribution in [2.24, 2.45) is 0 Å². The molecule has 2 aromatic heterocycles. The van der Waals surface area contributed by atoms with E-state index in [9.17, 15) is 0 Å². The molecular formula is C18H18ClN5O. The molecule has 0 unspecified atom stereocenters. The Bertz CT molecular complexity index is 887. The maximum atomic E-state index is 8.83. The van der Waals surface area contributed by atoms with Gasteiger partial charge in [-0.1, -0.05) is 23.7 Å². The number of methoxy groups -OCH3 is 1. The second-order valence-corrected chi connectivity index (χ2v) is 5.89. The molecule has 3 aromatic rings. The Labute approximate surface area is 151 Å². The van der Waals surface area contributed by atoms with Crippen LogP contribution in [0.5, 0.6) is 5.88 Å². The van der Waals surface area contributed by atoms with Gasteiger partial charge in [-0.15, -0.1) is 0 Å². The topological polar surface area (TPSA) is 75.2 Å². The van der Waals surface area contributed by atoms with Crippen LogP contribution in [0.2, 0.25) is 5.15 Å². The number of halogens is 1. The summed E-state index contributed by atoms with van der Waals surface area (Å²) in [4.78, 5) is 8.56. The van der Waals surface area contributed by atoms with Crippen molar-refractivity contribution in [3.8, 4) is 23.2 Å². The van der Waals surface area contributed by atoms with Crippen LogP contribution in [0.25, 0.3) is 16.9 Å². The van der Waals surface area contributed by atoms with Gasteiger partial charge in [-0.2, -0.15) is 5.26 Å². The molecule has 0 spiro atoms. The van der Waals surface area contributed by atoms with Gasteiger partial charge in [-0.25, -0.2) is 9.97 Å². The number of benzene rings is 1. The van der Waals surface area contributed by atoms with Crippen molar-refractivity contribution in [3.05, 3.63) is 47.4 Å². The van der Waals surface area contributed by atoms with E-state index in [4.69, 9.17) is 21.6 Å². The predicted octanol–water partition coefficient (Wildman–Crippen LogP) is 3.30. The molecule has 0 aliphatic carbocycles. The lowest BCUT2D eigenvalue weighted by Gasteiger charge is -2.09. The maximum absolute atomic E-state index is 8.83. The third-order valence-corrected chi connectivity index (χ3v) is 4.25. The summed E-state index contributed by atoms with van der Waals surface area (Å²) in [7, 11) is 1.54. The number of ether oxygens (including phenoxy) is 1. The van der Waals surface area contributed by atoms with Gasteiger partial charge in [0.05, 0.1) is 18.7 Å². The fourth-order valence-corrected chi connectivity index (χ4v) is 2.87. The zero-order valence-electron chi connectivity index (χ0n) is 13.9. The first kappa shape index (κ1) is 17.2. The molecule has 0 amide bonds. The minimum Gasteiger partial charge on any atom is -0.478 e. The molecule has 0 radical (unpaired) electrons. The summed E-state index contributed by atoms with van der Waals surface area (Å²) < 4.78 is 6.95. The van der Waals surface area contributed by atoms with Crippen molar-refractivity contribution in [2.45, 2.75) is 12.8 Å². The van der Waals surface area contributed by atoms with Gasteiger partial charge in [0.2, 0.25) is 5.65 Å². The largest absolute Gasteiger partial charge is 0.478 e. The number of imidazole rings is 1. The Morgan fingerprint density at radius 3 is 2.52 bits per heavy atom. The lowest BCUT2D eigenvalue weighted by molar-refractivity contribution is 0.400. The van der Waals surface area contributed by atoms with Crippen molar-refractivity contribution >= 4 is 17.2 Å². The second-order valence-electron chi connectivity index (χ2n) is 5.53. The van der Waals surface area contributed by atoms with Gasteiger partial charge >= 0.3 is 0 Å². The summed E-state index contributed by atoms with van der Waals surface area (Å²) in [6, 6.07) is 9.12. The van der Waals surface area contributed by atoms with Gasteiger partial charge in [-0.3, -0.25) is 4.40 Å². The first-order valence-electron chi connectivity index (χ1n) is 8.02. The number of hydrogen-bond donors (Lipinski definition) is 1. The van der Waals surface area contributed by atoms with Crippen LogP contribution in [0.3, 0.4) is 0 Å². The number of nitrogens with one attached hydrogen (secondary N) is 1. The fourth-order valence-electron chi connectivity index (χ4n) is 2.58. The Morgan fingerprint density at radius 1 is 1.24 bits per heavy atom. The van der Waals surface area contributed by atoms with Crippen molar-refractivity contribution in [1.82, 2.24) is 19.7 Å². The van der Waals surface area contributed by atoms with Crippen LogP contribution in [0.1, 0.15) is 18.4 Å². The van der Waals surface area contributed by atoms with Crippen molar-refractivity contribution in [3.63, 3.8) is 0 Å². The molecule has 128 valence electrons. The molecule has 1 N–H and O–H groups in total. The summed E-state index contributed by atoms with van der Waals surface area (Å²) in [5.74, 6) is 0.402. The highest BCUT2D eigenvalue weighted by atomic mass is 35.5. The summed E-state index contributed by atoms with van der Waals surface area (Å²) in [6.07, 6.45) is 6.16. The van der Waals surface area contributed by atoms with Crippen LogP contribution in [0.4, 0.5) is 0 Å². The van der Waals surface area contributed by atoms with E-state index in [1.54, 1.807) is 41.1 Å². The van der Waals surface area contributed by atoms with Gasteiger partial charge < -0.3 is 10.1 Å². The van der Waals surface area contributed by atoms with Crippen LogP contribution in [0.15, 0.2) is 36.7 Å². The molecule has 1 saturated heterocycles. The van der Waals surface area contributed by atoms with E-state index in [1.165, 1.54) is 33.0 Å². The van der Waals surface area contributed by atoms with Gasteiger partial charge in [-0.05, 0) is 38.1 Å². The Balaban J connectivity index is 0.000000314. The third-order valence-electron chi connectivity index (χ3n) is 3.89. The summed E-state index contributed by atoms with van der Waals surface area (Å²) >= 11 is 6.36. The Kier molecular flexibility index (Phi) is 5.49. The molecular weight excluding hydrogens is 338 g/mol. The molecule has 0 saturated carbocycles. The van der Waals surface area contributed by atoms with Crippen LogP contribution in [-0.2, 0) is 0 Å². The van der Waals surface area contributed by atoms with Gasteiger partial charge in [0.25, 0.3) is 5.88 Å². The van der Waals surface area contributed by atoms with Crippen molar-refractivity contribution < 1.29 is 4.74 Å². The van der Waals surface area contributed by atoms with E-state index in [2.05, 4.69) is 21.4 Å². The molecule has 0 bridgehead atoms. The number of hydrogen-bond acceptors (Lipinski definition) is 5. The molecule has 1 aromatic carbocycles. The van der Waals surface area contributed by atoms with Gasteiger partial charge in [0, 0.05) is 18.0 Å². The van der Waals surface area contributed by atoms with Crippen molar-refractivity contribution in [1.29, 1.82) is 5.26 Å². The molecule has 1 aliphatic rings. The quantitative estimate of drug-likeness (QED) is 0.763. The number of rotatable bonds is 2. The van der Waals surface area contributed by atoms with E-state index < -0.39 is 0 Å². The van der Waals surface area contributed by atoms with Gasteiger partial charge in [0.15, 0.2) is 0 Å². The molecule has 1 fully saturated rings. The van der Waals surface area contributed by atoms with E-state index in [1.807, 2.05) is 0 Å². The molecule has 4 rings (SSSR count). The van der Waals surface area contributed by atoms with E-state index >= 15 is 0 Å². The summed E-state index contributed by atoms with van der Waals surface area (Å²) in [5.41, 5.74) is 2.54. The smallest absolute Gasteiger partial charge is 0.258 e. The lowest BCUT2D eigenvalue weighted by Crippen LogP contribution is -2.03. The van der Waals surface area contributed by atoms with Crippen LogP contribution in [0, 0.1) is 11.3 Å². The number of aromatic nitrogens is 3. The van der Waals surface area contributed by atoms with Crippen LogP contribution in [-0.4, -0.2) is 34.6 Å². The Hall–Kier alpha value is -2.62. The molecule has 0 atom stereocenters. The van der Waals surface area contributed by atoms with E-state index in [0.717, 1.165) is 5.56 Å². The number of nitrogens with zero attached hydrogens (tertiary/aromatic N) is 4. The maximum Gasteiger partial charge on any atom is 0.258 e. The highest BCUT2D eigenvalue weighted by Crippen LogP contribution is 2.30. The standard InChI is InChI=1S/C14H9ClN4O.C4H9N/c1-20-14-13-17-6-7-19(13)12(15)11(18-14)10-4-2-9(8-16)3-5-10;1-2-4-5-3-1/h2-7H,1H3;5H,1-4H2. The lowest BCUT2D eigenvalue weighted by atomic mass is 10.1. The molecule has 7 heteroatoms. The number of nitriles is 1.